The lowest BCUT2D eigenvalue weighted by Crippen LogP contribution is -2.45. The molecule has 6 nitrogen and oxygen atoms in total. The summed E-state index contributed by atoms with van der Waals surface area (Å²) in [5.41, 5.74) is 6.09. The number of amides is 1. The highest BCUT2D eigenvalue weighted by molar-refractivity contribution is 5.86. The molecule has 0 aromatic heterocycles. The van der Waals surface area contributed by atoms with Gasteiger partial charge in [-0.25, -0.2) is 10.2 Å². The second-order valence-electron chi connectivity index (χ2n) is 7.29. The topological polar surface area (TPSA) is 72.0 Å². The van der Waals surface area contributed by atoms with E-state index in [2.05, 4.69) is 10.9 Å². The molecule has 1 aromatic rings. The quantitative estimate of drug-likeness (QED) is 0.496. The van der Waals surface area contributed by atoms with Crippen molar-refractivity contribution in [2.45, 2.75) is 64.5 Å². The number of carbonyl (C=O) groups is 1. The number of ether oxygens (including phenoxy) is 2. The molecule has 0 atom stereocenters. The number of amidine groups is 1. The molecule has 1 fully saturated rings. The van der Waals surface area contributed by atoms with Crippen molar-refractivity contribution in [1.82, 2.24) is 10.9 Å². The number of rotatable bonds is 4. The maximum Gasteiger partial charge on any atom is 0.426 e. The normalized spacial score (nSPS) is 15.8. The van der Waals surface area contributed by atoms with Crippen LogP contribution in [0.2, 0.25) is 0 Å². The molecule has 0 spiro atoms. The molecule has 1 amide bonds. The number of hydrazine groups is 1. The van der Waals surface area contributed by atoms with Crippen molar-refractivity contribution in [3.8, 4) is 5.75 Å². The largest absolute Gasteiger partial charge is 0.497 e. The number of aliphatic imine (C=N–C) groups is 1. The second-order valence-corrected chi connectivity index (χ2v) is 7.29. The monoisotopic (exact) mass is 347 g/mol. The van der Waals surface area contributed by atoms with Gasteiger partial charge in [0, 0.05) is 6.42 Å². The van der Waals surface area contributed by atoms with Gasteiger partial charge in [0.1, 0.15) is 17.2 Å². The Morgan fingerprint density at radius 3 is 2.36 bits per heavy atom. The Morgan fingerprint density at radius 1 is 1.16 bits per heavy atom. The van der Waals surface area contributed by atoms with E-state index in [9.17, 15) is 4.79 Å². The van der Waals surface area contributed by atoms with Crippen LogP contribution >= 0.6 is 0 Å². The lowest BCUT2D eigenvalue weighted by atomic mass is 10.1. The van der Waals surface area contributed by atoms with Gasteiger partial charge in [-0.2, -0.15) is 0 Å². The molecule has 25 heavy (non-hydrogen) atoms. The van der Waals surface area contributed by atoms with Crippen LogP contribution in [-0.4, -0.2) is 30.7 Å². The van der Waals surface area contributed by atoms with E-state index in [0.717, 1.165) is 30.0 Å². The first kappa shape index (κ1) is 19.1. The molecule has 0 saturated heterocycles. The van der Waals surface area contributed by atoms with Crippen LogP contribution in [0, 0.1) is 0 Å². The van der Waals surface area contributed by atoms with E-state index in [1.54, 1.807) is 7.11 Å². The molecule has 0 radical (unpaired) electrons. The lowest BCUT2D eigenvalue weighted by molar-refractivity contribution is 0.0512. The SMILES string of the molecule is COc1ccc(CC(=NC2CCCC2)NNC(=O)OC(C)(C)C)cc1. The van der Waals surface area contributed by atoms with E-state index < -0.39 is 11.7 Å². The Kier molecular flexibility index (Phi) is 6.67. The van der Waals surface area contributed by atoms with Gasteiger partial charge in [-0.1, -0.05) is 25.0 Å². The fourth-order valence-corrected chi connectivity index (χ4v) is 2.74. The molecular formula is C19H29N3O3. The number of hydrogen-bond donors (Lipinski definition) is 2. The summed E-state index contributed by atoms with van der Waals surface area (Å²) in [5.74, 6) is 1.56. The first-order valence-corrected chi connectivity index (χ1v) is 8.80. The Labute approximate surface area is 150 Å². The third kappa shape index (κ3) is 7.03. The van der Waals surface area contributed by atoms with Crippen molar-refractivity contribution in [3.63, 3.8) is 0 Å². The summed E-state index contributed by atoms with van der Waals surface area (Å²) in [5, 5.41) is 0. The molecule has 2 N–H and O–H groups in total. The first-order valence-electron chi connectivity index (χ1n) is 8.80. The van der Waals surface area contributed by atoms with Crippen LogP contribution in [-0.2, 0) is 11.2 Å². The maximum atomic E-state index is 11.9. The molecular weight excluding hydrogens is 318 g/mol. The number of nitrogens with one attached hydrogen (secondary N) is 2. The predicted octanol–water partition coefficient (Wildman–Crippen LogP) is 3.61. The molecule has 138 valence electrons. The van der Waals surface area contributed by atoms with E-state index in [1.807, 2.05) is 45.0 Å². The van der Waals surface area contributed by atoms with E-state index in [4.69, 9.17) is 14.5 Å². The zero-order chi connectivity index (χ0) is 18.3. The molecule has 1 aromatic carbocycles. The number of nitrogens with zero attached hydrogens (tertiary/aromatic N) is 1. The van der Waals surface area contributed by atoms with Crippen molar-refractivity contribution in [3.05, 3.63) is 29.8 Å². The Bertz CT molecular complexity index is 585. The van der Waals surface area contributed by atoms with Gasteiger partial charge in [0.25, 0.3) is 0 Å². The number of carbonyl (C=O) groups excluding carboxylic acids is 1. The van der Waals surface area contributed by atoms with Crippen molar-refractivity contribution >= 4 is 11.9 Å². The van der Waals surface area contributed by atoms with Crippen LogP contribution in [0.25, 0.3) is 0 Å². The smallest absolute Gasteiger partial charge is 0.426 e. The minimum absolute atomic E-state index is 0.321. The number of benzene rings is 1. The summed E-state index contributed by atoms with van der Waals surface area (Å²) in [6.07, 6.45) is 4.71. The minimum Gasteiger partial charge on any atom is -0.497 e. The molecule has 0 heterocycles. The van der Waals surface area contributed by atoms with Gasteiger partial charge in [0.15, 0.2) is 0 Å². The maximum absolute atomic E-state index is 11.9. The molecule has 1 aliphatic rings. The van der Waals surface area contributed by atoms with Gasteiger partial charge in [0.2, 0.25) is 0 Å². The highest BCUT2D eigenvalue weighted by atomic mass is 16.6. The summed E-state index contributed by atoms with van der Waals surface area (Å²) in [4.78, 5) is 16.7. The molecule has 2 rings (SSSR count). The molecule has 1 aliphatic carbocycles. The third-order valence-corrected chi connectivity index (χ3v) is 3.90. The molecule has 0 bridgehead atoms. The Hall–Kier alpha value is -2.24. The fraction of sp³-hybridized carbons (Fsp3) is 0.579. The summed E-state index contributed by atoms with van der Waals surface area (Å²) in [6.45, 7) is 5.49. The van der Waals surface area contributed by atoms with Crippen molar-refractivity contribution < 1.29 is 14.3 Å². The average Bonchev–Trinajstić information content (AvgIpc) is 3.05. The van der Waals surface area contributed by atoms with E-state index in [0.29, 0.717) is 12.5 Å². The van der Waals surface area contributed by atoms with Gasteiger partial charge in [-0.05, 0) is 51.3 Å². The van der Waals surface area contributed by atoms with Gasteiger partial charge < -0.3 is 9.47 Å². The summed E-state index contributed by atoms with van der Waals surface area (Å²) in [7, 11) is 1.65. The van der Waals surface area contributed by atoms with Gasteiger partial charge in [-0.15, -0.1) is 0 Å². The predicted molar refractivity (Wildman–Crippen MR) is 98.9 cm³/mol. The minimum atomic E-state index is -0.537. The van der Waals surface area contributed by atoms with Crippen molar-refractivity contribution in [2.24, 2.45) is 4.99 Å². The van der Waals surface area contributed by atoms with E-state index >= 15 is 0 Å². The molecule has 1 saturated carbocycles. The van der Waals surface area contributed by atoms with Crippen LogP contribution in [0.1, 0.15) is 52.0 Å². The summed E-state index contributed by atoms with van der Waals surface area (Å²) < 4.78 is 10.4. The second kappa shape index (κ2) is 8.74. The Balaban J connectivity index is 2.00. The zero-order valence-electron chi connectivity index (χ0n) is 15.6. The van der Waals surface area contributed by atoms with Crippen molar-refractivity contribution in [2.75, 3.05) is 7.11 Å². The first-order chi connectivity index (χ1) is 11.9. The standard InChI is InChI=1S/C19H29N3O3/c1-19(2,3)25-18(23)22-21-17(20-15-7-5-6-8-15)13-14-9-11-16(24-4)12-10-14/h9-12,15H,5-8,13H2,1-4H3,(H,20,21)(H,22,23). The fourth-order valence-electron chi connectivity index (χ4n) is 2.74. The van der Waals surface area contributed by atoms with Crippen LogP contribution < -0.4 is 15.6 Å². The highest BCUT2D eigenvalue weighted by Crippen LogP contribution is 2.21. The highest BCUT2D eigenvalue weighted by Gasteiger charge is 2.18. The van der Waals surface area contributed by atoms with E-state index in [-0.39, 0.29) is 0 Å². The Morgan fingerprint density at radius 2 is 1.80 bits per heavy atom. The lowest BCUT2D eigenvalue weighted by Gasteiger charge is -2.21. The number of methoxy groups -OCH3 is 1. The van der Waals surface area contributed by atoms with Crippen LogP contribution in [0.5, 0.6) is 5.75 Å². The van der Waals surface area contributed by atoms with Crippen LogP contribution in [0.4, 0.5) is 4.79 Å². The number of hydrogen-bond acceptors (Lipinski definition) is 4. The molecule has 0 unspecified atom stereocenters. The summed E-state index contributed by atoms with van der Waals surface area (Å²) in [6, 6.07) is 8.16. The third-order valence-electron chi connectivity index (χ3n) is 3.90. The van der Waals surface area contributed by atoms with E-state index in [1.165, 1.54) is 12.8 Å². The molecule has 0 aliphatic heterocycles. The molecule has 6 heteroatoms. The van der Waals surface area contributed by atoms with Gasteiger partial charge >= 0.3 is 6.09 Å². The summed E-state index contributed by atoms with van der Waals surface area (Å²) >= 11 is 0. The zero-order valence-corrected chi connectivity index (χ0v) is 15.6. The van der Waals surface area contributed by atoms with Gasteiger partial charge in [0.05, 0.1) is 13.2 Å². The van der Waals surface area contributed by atoms with Gasteiger partial charge in [-0.3, -0.25) is 10.4 Å². The van der Waals surface area contributed by atoms with Crippen LogP contribution in [0.15, 0.2) is 29.3 Å². The average molecular weight is 347 g/mol. The van der Waals surface area contributed by atoms with Crippen molar-refractivity contribution in [1.29, 1.82) is 0 Å². The van der Waals surface area contributed by atoms with Crippen LogP contribution in [0.3, 0.4) is 0 Å².